The predicted octanol–water partition coefficient (Wildman–Crippen LogP) is 3.99. The van der Waals surface area contributed by atoms with Gasteiger partial charge in [-0.3, -0.25) is 0 Å². The van der Waals surface area contributed by atoms with E-state index in [2.05, 4.69) is 25.3 Å². The highest BCUT2D eigenvalue weighted by atomic mass is 16.3. The van der Waals surface area contributed by atoms with E-state index in [1.165, 1.54) is 24.8 Å². The summed E-state index contributed by atoms with van der Waals surface area (Å²) in [7, 11) is 0. The van der Waals surface area contributed by atoms with Crippen LogP contribution in [0.3, 0.4) is 0 Å². The molecule has 0 saturated carbocycles. The maximum Gasteiger partial charge on any atom is 0.0796 e. The molecule has 0 spiro atoms. The Balaban J connectivity index is 2.53. The van der Waals surface area contributed by atoms with Gasteiger partial charge in [0.2, 0.25) is 0 Å². The van der Waals surface area contributed by atoms with Gasteiger partial charge in [0.15, 0.2) is 0 Å². The molecule has 0 aromatic carbocycles. The number of hydrogen-bond donors (Lipinski definition) is 1. The van der Waals surface area contributed by atoms with Crippen LogP contribution in [0.5, 0.6) is 0 Å². The summed E-state index contributed by atoms with van der Waals surface area (Å²) >= 11 is 0. The lowest BCUT2D eigenvalue weighted by Crippen LogP contribution is -2.08. The van der Waals surface area contributed by atoms with Gasteiger partial charge >= 0.3 is 0 Å². The van der Waals surface area contributed by atoms with Crippen LogP contribution < -0.4 is 0 Å². The summed E-state index contributed by atoms with van der Waals surface area (Å²) in [6, 6.07) is 0. The molecule has 1 aliphatic rings. The van der Waals surface area contributed by atoms with E-state index in [-0.39, 0.29) is 6.10 Å². The number of aliphatic hydroxyl groups excluding tert-OH is 1. The Morgan fingerprint density at radius 1 is 1.41 bits per heavy atom. The van der Waals surface area contributed by atoms with Crippen molar-refractivity contribution in [2.45, 2.75) is 64.4 Å². The Morgan fingerprint density at radius 2 is 2.24 bits per heavy atom. The summed E-state index contributed by atoms with van der Waals surface area (Å²) in [6.45, 7) is 5.88. The van der Waals surface area contributed by atoms with E-state index in [4.69, 9.17) is 0 Å². The van der Waals surface area contributed by atoms with Crippen molar-refractivity contribution in [2.75, 3.05) is 0 Å². The van der Waals surface area contributed by atoms with Gasteiger partial charge in [0.1, 0.15) is 0 Å². The van der Waals surface area contributed by atoms with Crippen LogP contribution in [0.2, 0.25) is 0 Å². The van der Waals surface area contributed by atoms with E-state index in [9.17, 15) is 5.11 Å². The molecule has 0 amide bonds. The first-order chi connectivity index (χ1) is 8.29. The Kier molecular flexibility index (Phi) is 6.74. The van der Waals surface area contributed by atoms with Gasteiger partial charge in [-0.05, 0) is 37.7 Å². The Bertz CT molecular complexity index is 327. The van der Waals surface area contributed by atoms with Crippen LogP contribution in [-0.4, -0.2) is 11.2 Å². The Hall–Kier alpha value is -1.00. The van der Waals surface area contributed by atoms with Gasteiger partial charge < -0.3 is 5.11 Å². The van der Waals surface area contributed by atoms with Crippen molar-refractivity contribution in [3.05, 3.63) is 23.8 Å². The molecule has 1 rings (SSSR count). The van der Waals surface area contributed by atoms with Gasteiger partial charge in [-0.15, -0.1) is 6.58 Å². The predicted molar refractivity (Wildman–Crippen MR) is 73.6 cm³/mol. The molecule has 0 bridgehead atoms. The van der Waals surface area contributed by atoms with Gasteiger partial charge in [0.05, 0.1) is 6.10 Å². The second-order valence-electron chi connectivity index (χ2n) is 4.66. The van der Waals surface area contributed by atoms with E-state index in [0.717, 1.165) is 31.3 Å². The lowest BCUT2D eigenvalue weighted by molar-refractivity contribution is 0.211. The van der Waals surface area contributed by atoms with Crippen LogP contribution >= 0.6 is 0 Å². The molecule has 1 atom stereocenters. The maximum atomic E-state index is 9.96. The Labute approximate surface area is 106 Å². The fourth-order valence-corrected chi connectivity index (χ4v) is 2.21. The third-order valence-corrected chi connectivity index (χ3v) is 3.20. The number of unbranched alkanes of at least 4 members (excludes halogenated alkanes) is 3. The first kappa shape index (κ1) is 14.1. The zero-order valence-electron chi connectivity index (χ0n) is 11.0. The highest BCUT2D eigenvalue weighted by Gasteiger charge is 2.18. The molecule has 0 radical (unpaired) electrons. The summed E-state index contributed by atoms with van der Waals surface area (Å²) < 4.78 is 0. The minimum atomic E-state index is -0.352. The monoisotopic (exact) mass is 232 g/mol. The molecule has 0 aromatic heterocycles. The molecule has 17 heavy (non-hydrogen) atoms. The van der Waals surface area contributed by atoms with E-state index in [0.29, 0.717) is 6.42 Å². The van der Waals surface area contributed by atoms with Crippen LogP contribution in [0.25, 0.3) is 0 Å². The van der Waals surface area contributed by atoms with E-state index in [1.54, 1.807) is 6.08 Å². The largest absolute Gasteiger partial charge is 0.388 e. The van der Waals surface area contributed by atoms with Crippen LogP contribution in [-0.2, 0) is 0 Å². The molecule has 94 valence electrons. The van der Waals surface area contributed by atoms with Gasteiger partial charge in [-0.25, -0.2) is 0 Å². The topological polar surface area (TPSA) is 20.2 Å². The fourth-order valence-electron chi connectivity index (χ4n) is 2.21. The molecule has 0 fully saturated rings. The molecule has 0 aliphatic heterocycles. The normalized spacial score (nSPS) is 16.6. The molecule has 1 nitrogen and oxygen atoms in total. The number of aliphatic hydroxyl groups is 1. The van der Waals surface area contributed by atoms with Gasteiger partial charge in [0, 0.05) is 12.0 Å². The molecule has 0 aromatic rings. The maximum absolute atomic E-state index is 9.96. The Morgan fingerprint density at radius 3 is 2.94 bits per heavy atom. The average molecular weight is 232 g/mol. The average Bonchev–Trinajstić information content (AvgIpc) is 2.77. The minimum Gasteiger partial charge on any atom is -0.388 e. The van der Waals surface area contributed by atoms with Crippen molar-refractivity contribution < 1.29 is 5.11 Å². The lowest BCUT2D eigenvalue weighted by Gasteiger charge is -2.09. The SMILES string of the molecule is C=CCC(O)C1=C(C#CCCCCC)CCC1. The van der Waals surface area contributed by atoms with Crippen LogP contribution in [0.15, 0.2) is 23.8 Å². The van der Waals surface area contributed by atoms with Crippen molar-refractivity contribution in [3.63, 3.8) is 0 Å². The van der Waals surface area contributed by atoms with Crippen molar-refractivity contribution in [2.24, 2.45) is 0 Å². The first-order valence-corrected chi connectivity index (χ1v) is 6.79. The highest BCUT2D eigenvalue weighted by molar-refractivity contribution is 5.38. The zero-order chi connectivity index (χ0) is 12.5. The molecule has 1 unspecified atom stereocenters. The lowest BCUT2D eigenvalue weighted by atomic mass is 10.0. The van der Waals surface area contributed by atoms with Crippen molar-refractivity contribution in [1.82, 2.24) is 0 Å². The second-order valence-corrected chi connectivity index (χ2v) is 4.66. The quantitative estimate of drug-likeness (QED) is 0.417. The van der Waals surface area contributed by atoms with Gasteiger partial charge in [0.25, 0.3) is 0 Å². The van der Waals surface area contributed by atoms with Gasteiger partial charge in [-0.2, -0.15) is 0 Å². The second kappa shape index (κ2) is 8.14. The summed E-state index contributed by atoms with van der Waals surface area (Å²) in [6.07, 6.45) is 9.96. The summed E-state index contributed by atoms with van der Waals surface area (Å²) in [5.41, 5.74) is 2.35. The third-order valence-electron chi connectivity index (χ3n) is 3.20. The van der Waals surface area contributed by atoms with E-state index >= 15 is 0 Å². The smallest absolute Gasteiger partial charge is 0.0796 e. The van der Waals surface area contributed by atoms with Crippen molar-refractivity contribution in [1.29, 1.82) is 0 Å². The molecule has 1 N–H and O–H groups in total. The minimum absolute atomic E-state index is 0.352. The highest BCUT2D eigenvalue weighted by Crippen LogP contribution is 2.29. The molecule has 1 aliphatic carbocycles. The third kappa shape index (κ3) is 4.79. The van der Waals surface area contributed by atoms with Crippen LogP contribution in [0.1, 0.15) is 58.3 Å². The summed E-state index contributed by atoms with van der Waals surface area (Å²) in [5, 5.41) is 9.96. The standard InChI is InChI=1S/C16H24O/c1-3-5-6-7-8-11-14-12-9-13-15(14)16(17)10-4-2/h4,16-17H,2-3,5-7,9-10,12-13H2,1H3. The molecular formula is C16H24O. The van der Waals surface area contributed by atoms with E-state index < -0.39 is 0 Å². The zero-order valence-corrected chi connectivity index (χ0v) is 11.0. The van der Waals surface area contributed by atoms with Crippen LogP contribution in [0.4, 0.5) is 0 Å². The van der Waals surface area contributed by atoms with Crippen molar-refractivity contribution in [3.8, 4) is 11.8 Å². The van der Waals surface area contributed by atoms with E-state index in [1.807, 2.05) is 0 Å². The van der Waals surface area contributed by atoms with Crippen molar-refractivity contribution >= 4 is 0 Å². The number of hydrogen-bond acceptors (Lipinski definition) is 1. The molecule has 1 heteroatoms. The first-order valence-electron chi connectivity index (χ1n) is 6.79. The molecular weight excluding hydrogens is 208 g/mol. The molecule has 0 heterocycles. The van der Waals surface area contributed by atoms with Gasteiger partial charge in [-0.1, -0.05) is 37.7 Å². The number of rotatable bonds is 6. The summed E-state index contributed by atoms with van der Waals surface area (Å²) in [4.78, 5) is 0. The number of allylic oxidation sites excluding steroid dienone is 1. The van der Waals surface area contributed by atoms with Crippen LogP contribution in [0, 0.1) is 11.8 Å². The summed E-state index contributed by atoms with van der Waals surface area (Å²) in [5.74, 6) is 6.51. The fraction of sp³-hybridized carbons (Fsp3) is 0.625. The molecule has 0 saturated heterocycles.